The number of likely N-dealkylation sites (tertiary alicyclic amines) is 1. The predicted octanol–water partition coefficient (Wildman–Crippen LogP) is 4.96. The molecule has 1 amide bonds. The molecule has 10 heteroatoms. The number of anilines is 2. The van der Waals surface area contributed by atoms with Crippen molar-refractivity contribution in [1.82, 2.24) is 14.9 Å². The van der Waals surface area contributed by atoms with Gasteiger partial charge in [0.15, 0.2) is 5.16 Å². The molecule has 1 aromatic heterocycles. The van der Waals surface area contributed by atoms with Crippen LogP contribution in [0.25, 0.3) is 0 Å². The summed E-state index contributed by atoms with van der Waals surface area (Å²) in [6.45, 7) is 8.06. The van der Waals surface area contributed by atoms with Gasteiger partial charge in [-0.2, -0.15) is 0 Å². The van der Waals surface area contributed by atoms with Crippen molar-refractivity contribution in [2.24, 2.45) is 5.92 Å². The lowest BCUT2D eigenvalue weighted by atomic mass is 9.97. The second-order valence-electron chi connectivity index (χ2n) is 10.4. The maximum absolute atomic E-state index is 14.2. The first-order chi connectivity index (χ1) is 19.9. The van der Waals surface area contributed by atoms with Crippen LogP contribution in [0.2, 0.25) is 0 Å². The van der Waals surface area contributed by atoms with Gasteiger partial charge in [-0.05, 0) is 56.5 Å². The molecule has 0 saturated carbocycles. The number of piperidine rings is 1. The molecule has 0 unspecified atom stereocenters. The summed E-state index contributed by atoms with van der Waals surface area (Å²) in [4.78, 5) is 41.0. The number of rotatable bonds is 8. The third-order valence-corrected chi connectivity index (χ3v) is 8.41. The highest BCUT2D eigenvalue weighted by Crippen LogP contribution is 2.26. The molecule has 0 aliphatic carbocycles. The van der Waals surface area contributed by atoms with Gasteiger partial charge in [0, 0.05) is 62.3 Å². The molecular formula is C31H36FN5O3S. The summed E-state index contributed by atoms with van der Waals surface area (Å²) in [5.74, 6) is 0.755. The molecule has 41 heavy (non-hydrogen) atoms. The van der Waals surface area contributed by atoms with Gasteiger partial charge in [0.25, 0.3) is 5.91 Å². The number of para-hydroxylation sites is 1. The molecule has 0 bridgehead atoms. The van der Waals surface area contributed by atoms with Crippen molar-refractivity contribution in [3.63, 3.8) is 0 Å². The lowest BCUT2D eigenvalue weighted by molar-refractivity contribution is -0.149. The van der Waals surface area contributed by atoms with Crippen LogP contribution in [0.15, 0.2) is 59.8 Å². The van der Waals surface area contributed by atoms with Crippen LogP contribution in [0.5, 0.6) is 0 Å². The zero-order valence-corrected chi connectivity index (χ0v) is 24.4. The highest BCUT2D eigenvalue weighted by atomic mass is 32.2. The minimum atomic E-state index is -0.262. The van der Waals surface area contributed by atoms with Gasteiger partial charge >= 0.3 is 5.97 Å². The number of thioether (sulfide) groups is 1. The first-order valence-corrected chi connectivity index (χ1v) is 15.2. The Morgan fingerprint density at radius 1 is 1.00 bits per heavy atom. The zero-order chi connectivity index (χ0) is 28.8. The number of aromatic nitrogens is 2. The normalized spacial score (nSPS) is 17.4. The molecule has 2 aliphatic rings. The number of halogens is 1. The standard InChI is InChI=1S/C31H36FN5O3S/c1-3-40-30(39)25-10-7-13-37(20-25)29(38)24-9-6-8-23(19-24)21-41-31-33-22(2)18-28(34-31)36-16-14-35(15-17-36)27-12-5-4-11-26(27)32/h4-6,8-9,11-12,18-19,25H,3,7,10,13-17,20-21H2,1-2H3/t25-/m1/s1. The van der Waals surface area contributed by atoms with Crippen LogP contribution in [0, 0.1) is 18.7 Å². The number of benzene rings is 2. The molecule has 0 spiro atoms. The van der Waals surface area contributed by atoms with Crippen molar-refractivity contribution in [2.45, 2.75) is 37.6 Å². The van der Waals surface area contributed by atoms with Crippen molar-refractivity contribution in [1.29, 1.82) is 0 Å². The summed E-state index contributed by atoms with van der Waals surface area (Å²) in [5, 5.41) is 0.682. The molecule has 2 saturated heterocycles. The molecular weight excluding hydrogens is 541 g/mol. The van der Waals surface area contributed by atoms with E-state index in [9.17, 15) is 14.0 Å². The predicted molar refractivity (Wildman–Crippen MR) is 159 cm³/mol. The van der Waals surface area contributed by atoms with Crippen LogP contribution < -0.4 is 9.80 Å². The fourth-order valence-electron chi connectivity index (χ4n) is 5.38. The summed E-state index contributed by atoms with van der Waals surface area (Å²) in [6.07, 6.45) is 1.54. The van der Waals surface area contributed by atoms with E-state index in [0.717, 1.165) is 43.0 Å². The summed E-state index contributed by atoms with van der Waals surface area (Å²) in [6, 6.07) is 16.5. The summed E-state index contributed by atoms with van der Waals surface area (Å²) < 4.78 is 19.4. The number of esters is 1. The van der Waals surface area contributed by atoms with Gasteiger partial charge in [-0.15, -0.1) is 0 Å². The van der Waals surface area contributed by atoms with E-state index >= 15 is 0 Å². The summed E-state index contributed by atoms with van der Waals surface area (Å²) in [5.41, 5.74) is 3.15. The SMILES string of the molecule is CCOC(=O)[C@@H]1CCCN(C(=O)c2cccc(CSc3nc(C)cc(N4CCN(c5ccccc5F)CC4)n3)c2)C1. The number of carbonyl (C=O) groups excluding carboxylic acids is 2. The fraction of sp³-hybridized carbons (Fsp3) is 0.419. The van der Waals surface area contributed by atoms with Crippen LogP contribution in [0.3, 0.4) is 0 Å². The van der Waals surface area contributed by atoms with E-state index < -0.39 is 0 Å². The fourth-order valence-corrected chi connectivity index (χ4v) is 6.22. The molecule has 2 aliphatic heterocycles. The van der Waals surface area contributed by atoms with Crippen molar-refractivity contribution >= 4 is 35.1 Å². The Kier molecular flexibility index (Phi) is 9.38. The number of piperazine rings is 1. The number of amides is 1. The third-order valence-electron chi connectivity index (χ3n) is 7.49. The molecule has 0 N–H and O–H groups in total. The molecule has 5 rings (SSSR count). The maximum Gasteiger partial charge on any atom is 0.310 e. The number of nitrogens with zero attached hydrogens (tertiary/aromatic N) is 5. The van der Waals surface area contributed by atoms with Gasteiger partial charge in [-0.1, -0.05) is 36.0 Å². The number of ether oxygens (including phenoxy) is 1. The van der Waals surface area contributed by atoms with Crippen LogP contribution >= 0.6 is 11.8 Å². The van der Waals surface area contributed by atoms with Crippen molar-refractivity contribution in [3.05, 3.63) is 77.2 Å². The molecule has 2 aromatic carbocycles. The average Bonchev–Trinajstić information content (AvgIpc) is 3.00. The number of carbonyl (C=O) groups is 2. The quantitative estimate of drug-likeness (QED) is 0.211. The number of hydrogen-bond acceptors (Lipinski definition) is 8. The highest BCUT2D eigenvalue weighted by molar-refractivity contribution is 7.98. The Balaban J connectivity index is 1.19. The lowest BCUT2D eigenvalue weighted by Gasteiger charge is -2.37. The van der Waals surface area contributed by atoms with E-state index in [1.807, 2.05) is 49.4 Å². The summed E-state index contributed by atoms with van der Waals surface area (Å²) in [7, 11) is 0. The molecule has 8 nitrogen and oxygen atoms in total. The van der Waals surface area contributed by atoms with Crippen molar-refractivity contribution < 1.29 is 18.7 Å². The van der Waals surface area contributed by atoms with Gasteiger partial charge in [0.2, 0.25) is 0 Å². The lowest BCUT2D eigenvalue weighted by Crippen LogP contribution is -2.47. The van der Waals surface area contributed by atoms with Gasteiger partial charge in [0.1, 0.15) is 11.6 Å². The molecule has 3 aromatic rings. The van der Waals surface area contributed by atoms with Gasteiger partial charge < -0.3 is 19.4 Å². The second-order valence-corrected chi connectivity index (χ2v) is 11.3. The Morgan fingerprint density at radius 2 is 1.78 bits per heavy atom. The maximum atomic E-state index is 14.2. The van der Waals surface area contributed by atoms with Gasteiger partial charge in [-0.3, -0.25) is 9.59 Å². The van der Waals surface area contributed by atoms with Crippen molar-refractivity contribution in [3.8, 4) is 0 Å². The van der Waals surface area contributed by atoms with Crippen molar-refractivity contribution in [2.75, 3.05) is 55.7 Å². The Bertz CT molecular complexity index is 1380. The minimum absolute atomic E-state index is 0.0607. The van der Waals surface area contributed by atoms with Crippen LogP contribution in [0.4, 0.5) is 15.9 Å². The molecule has 2 fully saturated rings. The van der Waals surface area contributed by atoms with Gasteiger partial charge in [0.05, 0.1) is 18.2 Å². The van der Waals surface area contributed by atoms with Crippen LogP contribution in [-0.4, -0.2) is 72.6 Å². The first-order valence-electron chi connectivity index (χ1n) is 14.2. The monoisotopic (exact) mass is 577 g/mol. The van der Waals surface area contributed by atoms with E-state index in [1.54, 1.807) is 17.9 Å². The van der Waals surface area contributed by atoms with E-state index in [-0.39, 0.29) is 23.6 Å². The largest absolute Gasteiger partial charge is 0.466 e. The van der Waals surface area contributed by atoms with Crippen LogP contribution in [0.1, 0.15) is 41.4 Å². The molecule has 1 atom stereocenters. The zero-order valence-electron chi connectivity index (χ0n) is 23.6. The van der Waals surface area contributed by atoms with E-state index in [0.29, 0.717) is 54.9 Å². The molecule has 216 valence electrons. The van der Waals surface area contributed by atoms with Crippen LogP contribution in [-0.2, 0) is 15.3 Å². The van der Waals surface area contributed by atoms with Gasteiger partial charge in [-0.25, -0.2) is 14.4 Å². The van der Waals surface area contributed by atoms with E-state index in [4.69, 9.17) is 9.72 Å². The minimum Gasteiger partial charge on any atom is -0.466 e. The Labute approximate surface area is 244 Å². The summed E-state index contributed by atoms with van der Waals surface area (Å²) >= 11 is 1.54. The Morgan fingerprint density at radius 3 is 2.56 bits per heavy atom. The number of hydrogen-bond donors (Lipinski definition) is 0. The average molecular weight is 578 g/mol. The third kappa shape index (κ3) is 7.16. The van der Waals surface area contributed by atoms with E-state index in [2.05, 4.69) is 14.8 Å². The highest BCUT2D eigenvalue weighted by Gasteiger charge is 2.30. The molecule has 3 heterocycles. The number of aryl methyl sites for hydroxylation is 1. The second kappa shape index (κ2) is 13.3. The molecule has 0 radical (unpaired) electrons. The van der Waals surface area contributed by atoms with E-state index in [1.165, 1.54) is 17.8 Å². The first kappa shape index (κ1) is 28.9. The smallest absolute Gasteiger partial charge is 0.310 e. The topological polar surface area (TPSA) is 78.9 Å². The Hall–Kier alpha value is -3.66.